The van der Waals surface area contributed by atoms with E-state index in [4.69, 9.17) is 9.47 Å². The molecule has 0 radical (unpaired) electrons. The second kappa shape index (κ2) is 5.31. The number of benzene rings is 2. The van der Waals surface area contributed by atoms with Crippen LogP contribution in [0.25, 0.3) is 0 Å². The SMILES string of the molecule is COc1cc(C(=O)F)ccc1Oc1ccccc1. The van der Waals surface area contributed by atoms with Crippen molar-refractivity contribution in [3.63, 3.8) is 0 Å². The van der Waals surface area contributed by atoms with Gasteiger partial charge in [0.15, 0.2) is 11.5 Å². The monoisotopic (exact) mass is 246 g/mol. The fourth-order valence-corrected chi connectivity index (χ4v) is 1.49. The molecule has 0 amide bonds. The minimum Gasteiger partial charge on any atom is -0.493 e. The first-order valence-corrected chi connectivity index (χ1v) is 5.31. The molecule has 0 aliphatic carbocycles. The number of carbonyl (C=O) groups is 1. The quantitative estimate of drug-likeness (QED) is 0.773. The van der Waals surface area contributed by atoms with Crippen molar-refractivity contribution >= 4 is 6.04 Å². The van der Waals surface area contributed by atoms with Crippen LogP contribution in [0.1, 0.15) is 10.4 Å². The van der Waals surface area contributed by atoms with Crippen LogP contribution >= 0.6 is 0 Å². The molecule has 0 N–H and O–H groups in total. The van der Waals surface area contributed by atoms with Crippen molar-refractivity contribution in [3.8, 4) is 17.2 Å². The molecule has 0 aliphatic rings. The molecule has 0 unspecified atom stereocenters. The van der Waals surface area contributed by atoms with Gasteiger partial charge in [0.05, 0.1) is 12.7 Å². The zero-order chi connectivity index (χ0) is 13.0. The predicted molar refractivity (Wildman–Crippen MR) is 64.9 cm³/mol. The van der Waals surface area contributed by atoms with Gasteiger partial charge in [-0.3, -0.25) is 4.79 Å². The van der Waals surface area contributed by atoms with Gasteiger partial charge in [0.25, 0.3) is 0 Å². The van der Waals surface area contributed by atoms with Gasteiger partial charge in [0, 0.05) is 0 Å². The van der Waals surface area contributed by atoms with Crippen molar-refractivity contribution in [2.75, 3.05) is 7.11 Å². The van der Waals surface area contributed by atoms with E-state index in [-0.39, 0.29) is 5.56 Å². The summed E-state index contributed by atoms with van der Waals surface area (Å²) < 4.78 is 23.2. The third-order valence-electron chi connectivity index (χ3n) is 2.36. The second-order valence-corrected chi connectivity index (χ2v) is 3.55. The molecule has 3 nitrogen and oxygen atoms in total. The van der Waals surface area contributed by atoms with Gasteiger partial charge in [-0.25, -0.2) is 0 Å². The Bertz CT molecular complexity index is 552. The van der Waals surface area contributed by atoms with Crippen LogP contribution in [-0.4, -0.2) is 13.1 Å². The first-order valence-electron chi connectivity index (χ1n) is 5.31. The zero-order valence-corrected chi connectivity index (χ0v) is 9.72. The average Bonchev–Trinajstić information content (AvgIpc) is 2.40. The summed E-state index contributed by atoms with van der Waals surface area (Å²) in [6.07, 6.45) is 0. The van der Waals surface area contributed by atoms with Crippen LogP contribution in [0.3, 0.4) is 0 Å². The molecule has 0 heterocycles. The lowest BCUT2D eigenvalue weighted by molar-refractivity contribution is 0.0835. The third kappa shape index (κ3) is 2.66. The normalized spacial score (nSPS) is 9.89. The van der Waals surface area contributed by atoms with Crippen molar-refractivity contribution in [2.24, 2.45) is 0 Å². The smallest absolute Gasteiger partial charge is 0.332 e. The van der Waals surface area contributed by atoms with E-state index in [2.05, 4.69) is 0 Å². The minimum absolute atomic E-state index is 0.0627. The highest BCUT2D eigenvalue weighted by molar-refractivity contribution is 5.89. The number of hydrogen-bond acceptors (Lipinski definition) is 3. The molecule has 0 spiro atoms. The van der Waals surface area contributed by atoms with E-state index in [0.29, 0.717) is 17.2 Å². The van der Waals surface area contributed by atoms with Gasteiger partial charge in [-0.15, -0.1) is 0 Å². The Morgan fingerprint density at radius 3 is 2.39 bits per heavy atom. The molecular weight excluding hydrogens is 235 g/mol. The lowest BCUT2D eigenvalue weighted by atomic mass is 10.2. The number of hydrogen-bond donors (Lipinski definition) is 0. The molecule has 2 rings (SSSR count). The van der Waals surface area contributed by atoms with Crippen LogP contribution in [0.2, 0.25) is 0 Å². The first-order chi connectivity index (χ1) is 8.70. The summed E-state index contributed by atoms with van der Waals surface area (Å²) in [5.41, 5.74) is -0.0627. The zero-order valence-electron chi connectivity index (χ0n) is 9.72. The van der Waals surface area contributed by atoms with Crippen LogP contribution in [0.5, 0.6) is 17.2 Å². The lowest BCUT2D eigenvalue weighted by Crippen LogP contribution is -1.95. The highest BCUT2D eigenvalue weighted by atomic mass is 19.1. The van der Waals surface area contributed by atoms with E-state index >= 15 is 0 Å². The highest BCUT2D eigenvalue weighted by Gasteiger charge is 2.10. The average molecular weight is 246 g/mol. The van der Waals surface area contributed by atoms with Crippen LogP contribution < -0.4 is 9.47 Å². The molecule has 0 bridgehead atoms. The third-order valence-corrected chi connectivity index (χ3v) is 2.36. The van der Waals surface area contributed by atoms with Crippen molar-refractivity contribution in [3.05, 3.63) is 54.1 Å². The maximum atomic E-state index is 12.6. The molecule has 0 atom stereocenters. The molecule has 0 aliphatic heterocycles. The standard InChI is InChI=1S/C14H11FO3/c1-17-13-9-10(14(15)16)7-8-12(13)18-11-5-3-2-4-6-11/h2-9H,1H3. The van der Waals surface area contributed by atoms with E-state index in [9.17, 15) is 9.18 Å². The molecular formula is C14H11FO3. The van der Waals surface area contributed by atoms with E-state index in [0.717, 1.165) is 0 Å². The van der Waals surface area contributed by atoms with E-state index in [1.54, 1.807) is 12.1 Å². The maximum Gasteiger partial charge on any atom is 0.332 e. The molecule has 0 aromatic heterocycles. The molecule has 18 heavy (non-hydrogen) atoms. The fraction of sp³-hybridized carbons (Fsp3) is 0.0714. The van der Waals surface area contributed by atoms with Gasteiger partial charge >= 0.3 is 6.04 Å². The Labute approximate surface area is 104 Å². The summed E-state index contributed by atoms with van der Waals surface area (Å²) in [6.45, 7) is 0. The number of carbonyl (C=O) groups excluding carboxylic acids is 1. The Hall–Kier alpha value is -2.36. The second-order valence-electron chi connectivity index (χ2n) is 3.55. The molecule has 0 saturated carbocycles. The van der Waals surface area contributed by atoms with Crippen LogP contribution in [0.4, 0.5) is 4.39 Å². The summed E-state index contributed by atoms with van der Waals surface area (Å²) in [5, 5.41) is 0. The van der Waals surface area contributed by atoms with Gasteiger partial charge in [-0.2, -0.15) is 4.39 Å². The molecule has 4 heteroatoms. The summed E-state index contributed by atoms with van der Waals surface area (Å²) in [6, 6.07) is 11.8. The molecule has 0 saturated heterocycles. The van der Waals surface area contributed by atoms with Gasteiger partial charge in [0.2, 0.25) is 0 Å². The van der Waals surface area contributed by atoms with Crippen LogP contribution in [0, 0.1) is 0 Å². The first kappa shape index (κ1) is 12.1. The van der Waals surface area contributed by atoms with Crippen molar-refractivity contribution in [2.45, 2.75) is 0 Å². The summed E-state index contributed by atoms with van der Waals surface area (Å²) in [4.78, 5) is 10.6. The lowest BCUT2D eigenvalue weighted by Gasteiger charge is -2.10. The van der Waals surface area contributed by atoms with Crippen molar-refractivity contribution in [1.29, 1.82) is 0 Å². The Morgan fingerprint density at radius 2 is 1.78 bits per heavy atom. The number of para-hydroxylation sites is 1. The topological polar surface area (TPSA) is 35.5 Å². The van der Waals surface area contributed by atoms with Gasteiger partial charge in [-0.05, 0) is 30.3 Å². The Morgan fingerprint density at radius 1 is 1.06 bits per heavy atom. The molecule has 2 aromatic rings. The molecule has 2 aromatic carbocycles. The van der Waals surface area contributed by atoms with Crippen molar-refractivity contribution in [1.82, 2.24) is 0 Å². The molecule has 92 valence electrons. The van der Waals surface area contributed by atoms with E-state index < -0.39 is 6.04 Å². The summed E-state index contributed by atoms with van der Waals surface area (Å²) in [5.74, 6) is 1.37. The van der Waals surface area contributed by atoms with Gasteiger partial charge < -0.3 is 9.47 Å². The van der Waals surface area contributed by atoms with Crippen LogP contribution in [-0.2, 0) is 0 Å². The summed E-state index contributed by atoms with van der Waals surface area (Å²) >= 11 is 0. The number of methoxy groups -OCH3 is 1. The number of rotatable bonds is 4. The predicted octanol–water partition coefficient (Wildman–Crippen LogP) is 3.60. The number of halogens is 1. The fourth-order valence-electron chi connectivity index (χ4n) is 1.49. The van der Waals surface area contributed by atoms with Crippen molar-refractivity contribution < 1.29 is 18.7 Å². The van der Waals surface area contributed by atoms with Crippen LogP contribution in [0.15, 0.2) is 48.5 Å². The van der Waals surface area contributed by atoms with Gasteiger partial charge in [0.1, 0.15) is 5.75 Å². The van der Waals surface area contributed by atoms with E-state index in [1.807, 2.05) is 18.2 Å². The Balaban J connectivity index is 2.31. The van der Waals surface area contributed by atoms with Gasteiger partial charge in [-0.1, -0.05) is 18.2 Å². The number of ether oxygens (including phenoxy) is 2. The molecule has 0 fully saturated rings. The maximum absolute atomic E-state index is 12.6. The largest absolute Gasteiger partial charge is 0.493 e. The Kier molecular flexibility index (Phi) is 3.57. The minimum atomic E-state index is -1.50. The summed E-state index contributed by atoms with van der Waals surface area (Å²) in [7, 11) is 1.43. The highest BCUT2D eigenvalue weighted by Crippen LogP contribution is 2.32. The van der Waals surface area contributed by atoms with E-state index in [1.165, 1.54) is 25.3 Å².